The SMILES string of the molecule is CCc1cccc(S(=O)(=O)NCCCNC)c1. The quantitative estimate of drug-likeness (QED) is 0.719. The van der Waals surface area contributed by atoms with E-state index in [0.717, 1.165) is 24.9 Å². The first-order valence-electron chi connectivity index (χ1n) is 5.83. The van der Waals surface area contributed by atoms with Crippen LogP contribution in [0.2, 0.25) is 0 Å². The summed E-state index contributed by atoms with van der Waals surface area (Å²) in [6.07, 6.45) is 1.62. The van der Waals surface area contributed by atoms with Crippen LogP contribution in [-0.4, -0.2) is 28.6 Å². The average molecular weight is 256 g/mol. The fourth-order valence-electron chi connectivity index (χ4n) is 1.49. The fourth-order valence-corrected chi connectivity index (χ4v) is 2.63. The minimum Gasteiger partial charge on any atom is -0.320 e. The van der Waals surface area contributed by atoms with E-state index in [0.29, 0.717) is 11.4 Å². The van der Waals surface area contributed by atoms with Gasteiger partial charge in [-0.05, 0) is 44.1 Å². The Kier molecular flexibility index (Phi) is 5.61. The molecule has 0 radical (unpaired) electrons. The van der Waals surface area contributed by atoms with Crippen molar-refractivity contribution in [1.82, 2.24) is 10.0 Å². The molecule has 0 atom stereocenters. The van der Waals surface area contributed by atoms with Crippen LogP contribution in [0.5, 0.6) is 0 Å². The number of aryl methyl sites for hydroxylation is 1. The minimum absolute atomic E-state index is 0.348. The number of benzene rings is 1. The third-order valence-electron chi connectivity index (χ3n) is 2.51. The van der Waals surface area contributed by atoms with Crippen molar-refractivity contribution >= 4 is 10.0 Å². The van der Waals surface area contributed by atoms with Gasteiger partial charge in [-0.25, -0.2) is 13.1 Å². The summed E-state index contributed by atoms with van der Waals surface area (Å²) in [5.41, 5.74) is 1.03. The van der Waals surface area contributed by atoms with Crippen LogP contribution in [0.15, 0.2) is 29.2 Å². The van der Waals surface area contributed by atoms with Crippen LogP contribution in [0.4, 0.5) is 0 Å². The molecule has 0 aliphatic rings. The van der Waals surface area contributed by atoms with Gasteiger partial charge in [0, 0.05) is 6.54 Å². The average Bonchev–Trinajstić information content (AvgIpc) is 2.35. The minimum atomic E-state index is -3.35. The molecule has 5 heteroatoms. The molecule has 1 aromatic rings. The molecule has 0 aliphatic heterocycles. The van der Waals surface area contributed by atoms with E-state index in [1.54, 1.807) is 18.2 Å². The van der Waals surface area contributed by atoms with E-state index in [4.69, 9.17) is 0 Å². The first-order valence-corrected chi connectivity index (χ1v) is 7.31. The highest BCUT2D eigenvalue weighted by Gasteiger charge is 2.12. The van der Waals surface area contributed by atoms with Crippen molar-refractivity contribution in [2.75, 3.05) is 20.1 Å². The first kappa shape index (κ1) is 14.2. The van der Waals surface area contributed by atoms with Gasteiger partial charge in [0.15, 0.2) is 0 Å². The predicted octanol–water partition coefficient (Wildman–Crippen LogP) is 1.14. The third-order valence-corrected chi connectivity index (χ3v) is 3.97. The Morgan fingerprint density at radius 1 is 1.24 bits per heavy atom. The van der Waals surface area contributed by atoms with Gasteiger partial charge in [-0.2, -0.15) is 0 Å². The van der Waals surface area contributed by atoms with Crippen LogP contribution in [-0.2, 0) is 16.4 Å². The maximum Gasteiger partial charge on any atom is 0.240 e. The summed E-state index contributed by atoms with van der Waals surface area (Å²) in [4.78, 5) is 0.348. The molecule has 0 saturated heterocycles. The normalized spacial score (nSPS) is 11.6. The summed E-state index contributed by atoms with van der Waals surface area (Å²) in [6.45, 7) is 3.27. The maximum atomic E-state index is 11.9. The molecule has 1 aromatic carbocycles. The molecule has 0 saturated carbocycles. The zero-order valence-electron chi connectivity index (χ0n) is 10.4. The van der Waals surface area contributed by atoms with Gasteiger partial charge in [0.2, 0.25) is 10.0 Å². The maximum absolute atomic E-state index is 11.9. The molecule has 0 bridgehead atoms. The largest absolute Gasteiger partial charge is 0.320 e. The Bertz CT molecular complexity index is 444. The van der Waals surface area contributed by atoms with Crippen molar-refractivity contribution in [3.8, 4) is 0 Å². The third kappa shape index (κ3) is 4.46. The van der Waals surface area contributed by atoms with Gasteiger partial charge in [-0.3, -0.25) is 0 Å². The molecule has 4 nitrogen and oxygen atoms in total. The molecule has 1 rings (SSSR count). The van der Waals surface area contributed by atoms with Gasteiger partial charge >= 0.3 is 0 Å². The molecule has 2 N–H and O–H groups in total. The Morgan fingerprint density at radius 2 is 2.00 bits per heavy atom. The smallest absolute Gasteiger partial charge is 0.240 e. The topological polar surface area (TPSA) is 58.2 Å². The van der Waals surface area contributed by atoms with Gasteiger partial charge in [0.25, 0.3) is 0 Å². The Morgan fingerprint density at radius 3 is 2.65 bits per heavy atom. The van der Waals surface area contributed by atoms with Crippen LogP contribution < -0.4 is 10.0 Å². The van der Waals surface area contributed by atoms with Gasteiger partial charge in [-0.1, -0.05) is 19.1 Å². The summed E-state index contributed by atoms with van der Waals surface area (Å²) in [7, 11) is -1.50. The van der Waals surface area contributed by atoms with E-state index in [-0.39, 0.29) is 0 Å². The molecular weight excluding hydrogens is 236 g/mol. The van der Waals surface area contributed by atoms with E-state index in [9.17, 15) is 8.42 Å². The first-order chi connectivity index (χ1) is 8.10. The second-order valence-corrected chi connectivity index (χ2v) is 5.62. The van der Waals surface area contributed by atoms with Crippen molar-refractivity contribution in [2.24, 2.45) is 0 Å². The zero-order valence-corrected chi connectivity index (χ0v) is 11.2. The molecule has 0 heterocycles. The van der Waals surface area contributed by atoms with Gasteiger partial charge in [0.05, 0.1) is 4.90 Å². The summed E-state index contributed by atoms with van der Waals surface area (Å²) in [5, 5.41) is 2.98. The van der Waals surface area contributed by atoms with Crippen molar-refractivity contribution < 1.29 is 8.42 Å². The lowest BCUT2D eigenvalue weighted by molar-refractivity contribution is 0.577. The monoisotopic (exact) mass is 256 g/mol. The van der Waals surface area contributed by atoms with Crippen molar-refractivity contribution in [3.05, 3.63) is 29.8 Å². The molecule has 0 aromatic heterocycles. The Labute approximate surface area is 103 Å². The number of hydrogen-bond donors (Lipinski definition) is 2. The van der Waals surface area contributed by atoms with Crippen molar-refractivity contribution in [3.63, 3.8) is 0 Å². The molecule has 0 aliphatic carbocycles. The predicted molar refractivity (Wildman–Crippen MR) is 69.6 cm³/mol. The molecular formula is C12H20N2O2S. The van der Waals surface area contributed by atoms with Gasteiger partial charge in [0.1, 0.15) is 0 Å². The molecule has 0 spiro atoms. The van der Waals surface area contributed by atoms with Crippen LogP contribution in [0.25, 0.3) is 0 Å². The summed E-state index contributed by atoms with van der Waals surface area (Å²) in [6, 6.07) is 7.06. The summed E-state index contributed by atoms with van der Waals surface area (Å²) >= 11 is 0. The van der Waals surface area contributed by atoms with Gasteiger partial charge in [-0.15, -0.1) is 0 Å². The zero-order chi connectivity index (χ0) is 12.7. The molecule has 0 fully saturated rings. The van der Waals surface area contributed by atoms with E-state index in [1.807, 2.05) is 20.0 Å². The Balaban J connectivity index is 2.68. The fraction of sp³-hybridized carbons (Fsp3) is 0.500. The lowest BCUT2D eigenvalue weighted by Gasteiger charge is -2.07. The molecule has 96 valence electrons. The lowest BCUT2D eigenvalue weighted by atomic mass is 10.2. The highest BCUT2D eigenvalue weighted by Crippen LogP contribution is 2.11. The van der Waals surface area contributed by atoms with E-state index in [1.165, 1.54) is 0 Å². The summed E-state index contributed by atoms with van der Waals surface area (Å²) in [5.74, 6) is 0. The molecule has 17 heavy (non-hydrogen) atoms. The highest BCUT2D eigenvalue weighted by molar-refractivity contribution is 7.89. The van der Waals surface area contributed by atoms with E-state index in [2.05, 4.69) is 10.0 Å². The molecule has 0 amide bonds. The number of nitrogens with one attached hydrogen (secondary N) is 2. The van der Waals surface area contributed by atoms with Gasteiger partial charge < -0.3 is 5.32 Å². The second-order valence-electron chi connectivity index (χ2n) is 3.86. The second kappa shape index (κ2) is 6.74. The number of rotatable bonds is 7. The van der Waals surface area contributed by atoms with Crippen molar-refractivity contribution in [1.29, 1.82) is 0 Å². The van der Waals surface area contributed by atoms with Crippen LogP contribution >= 0.6 is 0 Å². The van der Waals surface area contributed by atoms with E-state index < -0.39 is 10.0 Å². The standard InChI is InChI=1S/C12H20N2O2S/c1-3-11-6-4-7-12(10-11)17(15,16)14-9-5-8-13-2/h4,6-7,10,13-14H,3,5,8-9H2,1-2H3. The highest BCUT2D eigenvalue weighted by atomic mass is 32.2. The van der Waals surface area contributed by atoms with Crippen LogP contribution in [0, 0.1) is 0 Å². The van der Waals surface area contributed by atoms with E-state index >= 15 is 0 Å². The Hall–Kier alpha value is -0.910. The van der Waals surface area contributed by atoms with Crippen molar-refractivity contribution in [2.45, 2.75) is 24.7 Å². The lowest BCUT2D eigenvalue weighted by Crippen LogP contribution is -2.26. The van der Waals surface area contributed by atoms with Crippen LogP contribution in [0.1, 0.15) is 18.9 Å². The number of sulfonamides is 1. The van der Waals surface area contributed by atoms with Crippen LogP contribution in [0.3, 0.4) is 0 Å². The molecule has 0 unspecified atom stereocenters. The number of hydrogen-bond acceptors (Lipinski definition) is 3. The summed E-state index contributed by atoms with van der Waals surface area (Å²) < 4.78 is 26.5.